The molecule has 1 aliphatic heterocycles. The third-order valence-corrected chi connectivity index (χ3v) is 10.3. The number of nitrogens with one attached hydrogen (secondary N) is 2. The summed E-state index contributed by atoms with van der Waals surface area (Å²) in [6, 6.07) is 35.4. The van der Waals surface area contributed by atoms with Gasteiger partial charge in [0.05, 0.1) is 6.04 Å². The Morgan fingerprint density at radius 2 is 1.05 bits per heavy atom. The highest BCUT2D eigenvalue weighted by atomic mass is 15.4. The van der Waals surface area contributed by atoms with E-state index in [2.05, 4.69) is 99.3 Å². The molecular weight excluding hydrogens is 741 g/mol. The van der Waals surface area contributed by atoms with Gasteiger partial charge in [-0.25, -0.2) is 0 Å². The van der Waals surface area contributed by atoms with E-state index in [9.17, 15) is 0 Å². The van der Waals surface area contributed by atoms with E-state index in [1.165, 1.54) is 16.3 Å². The molecule has 0 amide bonds. The number of benzene rings is 4. The molecule has 0 radical (unpaired) electrons. The van der Waals surface area contributed by atoms with Crippen LogP contribution in [0, 0.1) is 0 Å². The molecule has 3 heterocycles. The molecule has 1 aliphatic rings. The molecule has 2 aromatic heterocycles. The molecule has 16 nitrogen and oxygen atoms in total. The van der Waals surface area contributed by atoms with Crippen LogP contribution in [0.4, 0.5) is 35.7 Å². The monoisotopic (exact) mass is 796 g/mol. The van der Waals surface area contributed by atoms with E-state index in [0.29, 0.717) is 121 Å². The van der Waals surface area contributed by atoms with Gasteiger partial charge in [-0.05, 0) is 39.9 Å². The molecule has 10 N–H and O–H groups in total. The molecule has 0 aliphatic carbocycles. The number of anilines is 6. The van der Waals surface area contributed by atoms with E-state index < -0.39 is 0 Å². The van der Waals surface area contributed by atoms with Gasteiger partial charge < -0.3 is 53.2 Å². The van der Waals surface area contributed by atoms with E-state index in [1.54, 1.807) is 0 Å². The lowest BCUT2D eigenvalue weighted by molar-refractivity contribution is 0.502. The SMILES string of the molecule is NCCN(CCN)c1nc(NCc2ccccc2)nc(N2CCN(c3nc(NCc4ccc5ccccc5c4)nc(N(CCN)CCN)n3)C(Cc3ccccc3)C2)n1. The molecule has 6 aromatic rings. The minimum Gasteiger partial charge on any atom is -0.350 e. The summed E-state index contributed by atoms with van der Waals surface area (Å²) in [4.78, 5) is 38.5. The second-order valence-electron chi connectivity index (χ2n) is 14.5. The molecule has 16 heteroatoms. The second-order valence-corrected chi connectivity index (χ2v) is 14.5. The second kappa shape index (κ2) is 20.5. The van der Waals surface area contributed by atoms with Crippen molar-refractivity contribution in [3.05, 3.63) is 120 Å². The Labute approximate surface area is 346 Å². The third kappa shape index (κ3) is 10.9. The first-order chi connectivity index (χ1) is 29.0. The lowest BCUT2D eigenvalue weighted by Gasteiger charge is -2.42. The van der Waals surface area contributed by atoms with E-state index >= 15 is 0 Å². The highest BCUT2D eigenvalue weighted by Crippen LogP contribution is 2.27. The fourth-order valence-electron chi connectivity index (χ4n) is 7.33. The van der Waals surface area contributed by atoms with Crippen molar-refractivity contribution in [1.29, 1.82) is 0 Å². The normalized spacial score (nSPS) is 14.1. The van der Waals surface area contributed by atoms with Crippen molar-refractivity contribution in [3.63, 3.8) is 0 Å². The third-order valence-electron chi connectivity index (χ3n) is 10.3. The number of rotatable bonds is 20. The Kier molecular flexibility index (Phi) is 14.2. The van der Waals surface area contributed by atoms with Crippen molar-refractivity contribution in [2.75, 3.05) is 102 Å². The van der Waals surface area contributed by atoms with Crippen molar-refractivity contribution in [3.8, 4) is 0 Å². The predicted octanol–water partition coefficient (Wildman–Crippen LogP) is 2.82. The van der Waals surface area contributed by atoms with Gasteiger partial charge in [0, 0.05) is 85.1 Å². The van der Waals surface area contributed by atoms with E-state index in [1.807, 2.05) is 34.1 Å². The lowest BCUT2D eigenvalue weighted by atomic mass is 10.0. The van der Waals surface area contributed by atoms with Crippen LogP contribution in [0.25, 0.3) is 10.8 Å². The summed E-state index contributed by atoms with van der Waals surface area (Å²) < 4.78 is 0. The van der Waals surface area contributed by atoms with Gasteiger partial charge >= 0.3 is 0 Å². The zero-order valence-electron chi connectivity index (χ0n) is 33.6. The first kappa shape index (κ1) is 41.0. The van der Waals surface area contributed by atoms with Crippen molar-refractivity contribution in [1.82, 2.24) is 29.9 Å². The van der Waals surface area contributed by atoms with Crippen LogP contribution in [0.3, 0.4) is 0 Å². The Morgan fingerprint density at radius 1 is 0.525 bits per heavy atom. The number of hydrogen-bond acceptors (Lipinski definition) is 16. The minimum absolute atomic E-state index is 0.0580. The molecular formula is C43H56N16. The maximum atomic E-state index is 6.08. The summed E-state index contributed by atoms with van der Waals surface area (Å²) in [6.07, 6.45) is 0.733. The Morgan fingerprint density at radius 3 is 1.66 bits per heavy atom. The molecule has 0 saturated carbocycles. The average Bonchev–Trinajstić information content (AvgIpc) is 3.28. The maximum Gasteiger partial charge on any atom is 0.232 e. The zero-order chi connectivity index (χ0) is 40.8. The zero-order valence-corrected chi connectivity index (χ0v) is 33.6. The summed E-state index contributed by atoms with van der Waals surface area (Å²) in [5.74, 6) is 3.19. The van der Waals surface area contributed by atoms with Crippen LogP contribution in [-0.4, -0.2) is 108 Å². The standard InChI is InChI=1S/C43H56N16/c44-17-21-56(22-18-45)40-50-38(48-29-33-11-5-2-6-12-33)52-42(54-40)58-25-26-59(37(31-58)28-32-9-3-1-4-10-32)43-53-39(51-41(55-43)57(23-19-46)24-20-47)49-30-34-15-16-35-13-7-8-14-36(35)27-34/h1-16,27,37H,17-26,28-31,44-47H2,(H,48,50,52,54)(H,49,51,53,55). The van der Waals surface area contributed by atoms with Crippen LogP contribution in [0.15, 0.2) is 103 Å². The van der Waals surface area contributed by atoms with Crippen LogP contribution in [0.1, 0.15) is 16.7 Å². The van der Waals surface area contributed by atoms with Gasteiger partial charge in [-0.2, -0.15) is 29.9 Å². The number of fused-ring (bicyclic) bond motifs is 1. The topological polar surface area (TPSA) is 218 Å². The van der Waals surface area contributed by atoms with Gasteiger partial charge in [0.25, 0.3) is 0 Å². The maximum absolute atomic E-state index is 6.08. The Bertz CT molecular complexity index is 2200. The molecule has 4 aromatic carbocycles. The molecule has 1 atom stereocenters. The first-order valence-electron chi connectivity index (χ1n) is 20.4. The Hall–Kier alpha value is -6.20. The summed E-state index contributed by atoms with van der Waals surface area (Å²) in [5, 5.41) is 9.32. The van der Waals surface area contributed by atoms with Crippen LogP contribution in [-0.2, 0) is 19.5 Å². The molecule has 1 unspecified atom stereocenters. The quantitative estimate of drug-likeness (QED) is 0.0655. The number of nitrogens with zero attached hydrogens (tertiary/aromatic N) is 10. The van der Waals surface area contributed by atoms with Gasteiger partial charge in [0.15, 0.2) is 0 Å². The van der Waals surface area contributed by atoms with E-state index in [-0.39, 0.29) is 6.04 Å². The first-order valence-corrected chi connectivity index (χ1v) is 20.4. The number of piperazine rings is 1. The largest absolute Gasteiger partial charge is 0.350 e. The van der Waals surface area contributed by atoms with Gasteiger partial charge in [0.2, 0.25) is 35.7 Å². The summed E-state index contributed by atoms with van der Waals surface area (Å²) >= 11 is 0. The van der Waals surface area contributed by atoms with E-state index in [4.69, 9.17) is 52.8 Å². The van der Waals surface area contributed by atoms with Gasteiger partial charge in [-0.1, -0.05) is 97.1 Å². The number of nitrogens with two attached hydrogens (primary N) is 4. The van der Waals surface area contributed by atoms with Crippen LogP contribution >= 0.6 is 0 Å². The molecule has 0 bridgehead atoms. The van der Waals surface area contributed by atoms with Gasteiger partial charge in [-0.15, -0.1) is 0 Å². The molecule has 308 valence electrons. The smallest absolute Gasteiger partial charge is 0.232 e. The summed E-state index contributed by atoms with van der Waals surface area (Å²) in [7, 11) is 0. The highest BCUT2D eigenvalue weighted by Gasteiger charge is 2.32. The fraction of sp³-hybridized carbons (Fsp3) is 0.349. The summed E-state index contributed by atoms with van der Waals surface area (Å²) in [6.45, 7) is 6.88. The van der Waals surface area contributed by atoms with Crippen molar-refractivity contribution in [2.24, 2.45) is 22.9 Å². The number of aromatic nitrogens is 6. The van der Waals surface area contributed by atoms with Crippen LogP contribution < -0.4 is 53.2 Å². The van der Waals surface area contributed by atoms with Gasteiger partial charge in [-0.3, -0.25) is 0 Å². The Balaban J connectivity index is 1.22. The fourth-order valence-corrected chi connectivity index (χ4v) is 7.33. The van der Waals surface area contributed by atoms with Crippen molar-refractivity contribution in [2.45, 2.75) is 25.6 Å². The molecule has 7 rings (SSSR count). The molecule has 59 heavy (non-hydrogen) atoms. The van der Waals surface area contributed by atoms with Crippen molar-refractivity contribution < 1.29 is 0 Å². The molecule has 0 spiro atoms. The molecule has 1 saturated heterocycles. The summed E-state index contributed by atoms with van der Waals surface area (Å²) in [5.41, 5.74) is 27.6. The van der Waals surface area contributed by atoms with E-state index in [0.717, 1.165) is 17.5 Å². The van der Waals surface area contributed by atoms with Gasteiger partial charge in [0.1, 0.15) is 0 Å². The lowest BCUT2D eigenvalue weighted by Crippen LogP contribution is -2.55. The van der Waals surface area contributed by atoms with Crippen LogP contribution in [0.2, 0.25) is 0 Å². The number of hydrogen-bond donors (Lipinski definition) is 6. The highest BCUT2D eigenvalue weighted by molar-refractivity contribution is 5.83. The predicted molar refractivity (Wildman–Crippen MR) is 239 cm³/mol. The van der Waals surface area contributed by atoms with Crippen molar-refractivity contribution >= 4 is 46.5 Å². The molecule has 1 fully saturated rings. The minimum atomic E-state index is -0.0580. The van der Waals surface area contributed by atoms with Crippen LogP contribution in [0.5, 0.6) is 0 Å². The average molecular weight is 797 g/mol.